The lowest BCUT2D eigenvalue weighted by molar-refractivity contribution is -0.143. The number of amides is 4. The lowest BCUT2D eigenvalue weighted by Crippen LogP contribution is -2.57. The lowest BCUT2D eigenvalue weighted by Gasteiger charge is -2.22. The molecule has 0 aromatic heterocycles. The fourth-order valence-corrected chi connectivity index (χ4v) is 1.78. The van der Waals surface area contributed by atoms with Crippen LogP contribution in [-0.2, 0) is 24.0 Å². The normalized spacial score (nSPS) is 15.0. The second-order valence-corrected chi connectivity index (χ2v) is 5.67. The van der Waals surface area contributed by atoms with E-state index in [0.29, 0.717) is 0 Å². The van der Waals surface area contributed by atoms with Gasteiger partial charge in [-0.2, -0.15) is 0 Å². The van der Waals surface area contributed by atoms with Gasteiger partial charge in [0.15, 0.2) is 0 Å². The van der Waals surface area contributed by atoms with Crippen LogP contribution >= 0.6 is 0 Å². The quantitative estimate of drug-likeness (QED) is 0.159. The molecule has 0 bridgehead atoms. The van der Waals surface area contributed by atoms with Gasteiger partial charge in [-0.25, -0.2) is 4.79 Å². The first-order chi connectivity index (χ1) is 12.5. The molecule has 154 valence electrons. The average Bonchev–Trinajstić information content (AvgIpc) is 2.60. The standard InChI is InChI=1S/C14H25N5O8/c1-6(11(23)19-9(5-21)14(26)27)17-13(25)8(2-3-10(16)22)18-12(24)7(15)4-20/h6-9,20-21H,2-5,15H2,1H3,(H2,16,22)(H,17,25)(H,18,24)(H,19,23)(H,26,27). The van der Waals surface area contributed by atoms with Crippen LogP contribution in [0.3, 0.4) is 0 Å². The number of nitrogens with two attached hydrogens (primary N) is 2. The molecule has 0 heterocycles. The van der Waals surface area contributed by atoms with Gasteiger partial charge in [0.1, 0.15) is 24.2 Å². The SMILES string of the molecule is CC(NC(=O)C(CCC(N)=O)NC(=O)C(N)CO)C(=O)NC(CO)C(=O)O. The van der Waals surface area contributed by atoms with Gasteiger partial charge >= 0.3 is 5.97 Å². The highest BCUT2D eigenvalue weighted by Crippen LogP contribution is 2.00. The van der Waals surface area contributed by atoms with E-state index in [2.05, 4.69) is 10.6 Å². The maximum atomic E-state index is 12.3. The van der Waals surface area contributed by atoms with E-state index < -0.39 is 67.0 Å². The molecule has 13 nitrogen and oxygen atoms in total. The third-order valence-corrected chi connectivity index (χ3v) is 3.40. The van der Waals surface area contributed by atoms with E-state index in [1.54, 1.807) is 0 Å². The lowest BCUT2D eigenvalue weighted by atomic mass is 10.1. The monoisotopic (exact) mass is 391 g/mol. The molecule has 0 radical (unpaired) electrons. The van der Waals surface area contributed by atoms with E-state index >= 15 is 0 Å². The Hall–Kier alpha value is -2.77. The molecule has 4 amide bonds. The van der Waals surface area contributed by atoms with Crippen molar-refractivity contribution in [1.82, 2.24) is 16.0 Å². The molecule has 0 aromatic rings. The third-order valence-electron chi connectivity index (χ3n) is 3.40. The maximum absolute atomic E-state index is 12.3. The topological polar surface area (TPSA) is 234 Å². The van der Waals surface area contributed by atoms with E-state index in [1.807, 2.05) is 5.32 Å². The highest BCUT2D eigenvalue weighted by molar-refractivity contribution is 5.94. The first-order valence-electron chi connectivity index (χ1n) is 7.93. The van der Waals surface area contributed by atoms with Crippen molar-refractivity contribution < 1.29 is 39.3 Å². The molecule has 0 spiro atoms. The molecule has 0 aliphatic rings. The van der Waals surface area contributed by atoms with E-state index in [-0.39, 0.29) is 12.8 Å². The fraction of sp³-hybridized carbons (Fsp3) is 0.643. The summed E-state index contributed by atoms with van der Waals surface area (Å²) in [7, 11) is 0. The first kappa shape index (κ1) is 24.2. The number of hydrogen-bond acceptors (Lipinski definition) is 8. The number of hydrogen-bond donors (Lipinski definition) is 8. The van der Waals surface area contributed by atoms with Crippen molar-refractivity contribution in [3.63, 3.8) is 0 Å². The van der Waals surface area contributed by atoms with Gasteiger partial charge in [0, 0.05) is 6.42 Å². The molecule has 0 aliphatic carbocycles. The van der Waals surface area contributed by atoms with Crippen LogP contribution in [0.5, 0.6) is 0 Å². The molecule has 4 unspecified atom stereocenters. The minimum absolute atomic E-state index is 0.187. The van der Waals surface area contributed by atoms with E-state index in [1.165, 1.54) is 6.92 Å². The summed E-state index contributed by atoms with van der Waals surface area (Å²) in [4.78, 5) is 57.6. The van der Waals surface area contributed by atoms with Crippen molar-refractivity contribution in [2.24, 2.45) is 11.5 Å². The number of nitrogens with one attached hydrogen (secondary N) is 3. The summed E-state index contributed by atoms with van der Waals surface area (Å²) in [6.45, 7) is -0.277. The number of aliphatic carboxylic acids is 1. The van der Waals surface area contributed by atoms with Gasteiger partial charge in [-0.1, -0.05) is 0 Å². The highest BCUT2D eigenvalue weighted by atomic mass is 16.4. The molecule has 0 saturated carbocycles. The van der Waals surface area contributed by atoms with Gasteiger partial charge in [-0.3, -0.25) is 19.2 Å². The van der Waals surface area contributed by atoms with Crippen molar-refractivity contribution in [1.29, 1.82) is 0 Å². The van der Waals surface area contributed by atoms with Crippen molar-refractivity contribution in [3.05, 3.63) is 0 Å². The maximum Gasteiger partial charge on any atom is 0.328 e. The second kappa shape index (κ2) is 11.8. The Morgan fingerprint density at radius 2 is 1.44 bits per heavy atom. The number of aliphatic hydroxyl groups is 2. The van der Waals surface area contributed by atoms with Gasteiger partial charge in [-0.15, -0.1) is 0 Å². The van der Waals surface area contributed by atoms with Crippen molar-refractivity contribution in [2.75, 3.05) is 13.2 Å². The van der Waals surface area contributed by atoms with E-state index in [9.17, 15) is 24.0 Å². The molecule has 0 aromatic carbocycles. The van der Waals surface area contributed by atoms with Crippen LogP contribution in [-0.4, -0.2) is 82.3 Å². The van der Waals surface area contributed by atoms with E-state index in [0.717, 1.165) is 0 Å². The fourth-order valence-electron chi connectivity index (χ4n) is 1.78. The van der Waals surface area contributed by atoms with Crippen LogP contribution in [0.2, 0.25) is 0 Å². The summed E-state index contributed by atoms with van der Waals surface area (Å²) in [6.07, 6.45) is -0.438. The number of primary amides is 1. The summed E-state index contributed by atoms with van der Waals surface area (Å²) in [5.41, 5.74) is 10.4. The van der Waals surface area contributed by atoms with Gasteiger partial charge in [0.25, 0.3) is 0 Å². The molecule has 27 heavy (non-hydrogen) atoms. The van der Waals surface area contributed by atoms with Gasteiger partial charge < -0.3 is 42.7 Å². The highest BCUT2D eigenvalue weighted by Gasteiger charge is 2.28. The summed E-state index contributed by atoms with van der Waals surface area (Å²) in [5, 5.41) is 33.0. The average molecular weight is 391 g/mol. The Kier molecular flexibility index (Phi) is 10.6. The predicted molar refractivity (Wildman–Crippen MR) is 89.7 cm³/mol. The smallest absolute Gasteiger partial charge is 0.328 e. The predicted octanol–water partition coefficient (Wildman–Crippen LogP) is -4.88. The number of carbonyl (C=O) groups is 5. The minimum atomic E-state index is -1.55. The number of carboxylic acid groups (broad SMARTS) is 1. The van der Waals surface area contributed by atoms with Crippen LogP contribution < -0.4 is 27.4 Å². The van der Waals surface area contributed by atoms with Gasteiger partial charge in [-0.05, 0) is 13.3 Å². The number of aliphatic hydroxyl groups excluding tert-OH is 2. The van der Waals surface area contributed by atoms with E-state index in [4.69, 9.17) is 26.8 Å². The van der Waals surface area contributed by atoms with Crippen LogP contribution in [0.4, 0.5) is 0 Å². The summed E-state index contributed by atoms with van der Waals surface area (Å²) >= 11 is 0. The molecule has 0 aliphatic heterocycles. The molecular weight excluding hydrogens is 366 g/mol. The third kappa shape index (κ3) is 8.94. The van der Waals surface area contributed by atoms with Gasteiger partial charge in [0.2, 0.25) is 23.6 Å². The molecule has 13 heteroatoms. The first-order valence-corrected chi connectivity index (χ1v) is 7.93. The molecule has 10 N–H and O–H groups in total. The Balaban J connectivity index is 4.98. The zero-order valence-corrected chi connectivity index (χ0v) is 14.7. The van der Waals surface area contributed by atoms with Crippen molar-refractivity contribution >= 4 is 29.6 Å². The molecule has 0 rings (SSSR count). The zero-order valence-electron chi connectivity index (χ0n) is 14.7. The van der Waals surface area contributed by atoms with Crippen LogP contribution in [0.1, 0.15) is 19.8 Å². The zero-order chi connectivity index (χ0) is 21.1. The van der Waals surface area contributed by atoms with Crippen LogP contribution in [0.25, 0.3) is 0 Å². The Morgan fingerprint density at radius 3 is 1.89 bits per heavy atom. The largest absolute Gasteiger partial charge is 0.480 e. The molecule has 4 atom stereocenters. The summed E-state index contributed by atoms with van der Waals surface area (Å²) in [6, 6.07) is -5.34. The van der Waals surface area contributed by atoms with Crippen LogP contribution in [0, 0.1) is 0 Å². The van der Waals surface area contributed by atoms with Gasteiger partial charge in [0.05, 0.1) is 13.2 Å². The molecule has 0 saturated heterocycles. The molecular formula is C14H25N5O8. The van der Waals surface area contributed by atoms with Crippen molar-refractivity contribution in [2.45, 2.75) is 43.9 Å². The Labute approximate surface area is 154 Å². The second-order valence-electron chi connectivity index (χ2n) is 5.67. The van der Waals surface area contributed by atoms with Crippen LogP contribution in [0.15, 0.2) is 0 Å². The molecule has 0 fully saturated rings. The Morgan fingerprint density at radius 1 is 0.889 bits per heavy atom. The number of carbonyl (C=O) groups excluding carboxylic acids is 4. The minimum Gasteiger partial charge on any atom is -0.480 e. The summed E-state index contributed by atoms with van der Waals surface area (Å²) < 4.78 is 0. The summed E-state index contributed by atoms with van der Waals surface area (Å²) in [5.74, 6) is -4.80. The number of rotatable bonds is 12. The Bertz CT molecular complexity index is 570. The number of carboxylic acids is 1. The van der Waals surface area contributed by atoms with Crippen molar-refractivity contribution in [3.8, 4) is 0 Å².